The summed E-state index contributed by atoms with van der Waals surface area (Å²) >= 11 is 0. The fourth-order valence-electron chi connectivity index (χ4n) is 4.00. The first-order chi connectivity index (χ1) is 14.5. The molecule has 2 fully saturated rings. The number of anilines is 2. The minimum atomic E-state index is -0.295. The molecule has 0 unspecified atom stereocenters. The monoisotopic (exact) mass is 411 g/mol. The number of hydrogen-bond donors (Lipinski definition) is 1. The van der Waals surface area contributed by atoms with Gasteiger partial charge in [-0.15, -0.1) is 0 Å². The van der Waals surface area contributed by atoms with Crippen LogP contribution < -0.4 is 15.0 Å². The van der Waals surface area contributed by atoms with E-state index in [0.717, 1.165) is 42.6 Å². The molecule has 0 spiro atoms. The summed E-state index contributed by atoms with van der Waals surface area (Å²) in [5.41, 5.74) is 1.72. The molecule has 1 aliphatic carbocycles. The first-order valence-electron chi connectivity index (χ1n) is 10.9. The second-order valence-electron chi connectivity index (χ2n) is 8.70. The molecule has 30 heavy (non-hydrogen) atoms. The molecule has 2 atom stereocenters. The lowest BCUT2D eigenvalue weighted by Gasteiger charge is -2.20. The van der Waals surface area contributed by atoms with Crippen LogP contribution in [-0.2, 0) is 4.79 Å². The van der Waals surface area contributed by atoms with E-state index in [1.54, 1.807) is 6.92 Å². The molecule has 4 rings (SSSR count). The molecule has 6 heteroatoms. The average Bonchev–Trinajstić information content (AvgIpc) is 3.44. The number of carbonyl (C=O) groups excluding carboxylic acids is 1. The standard InChI is InChI=1S/C24H30FN3O2/c1-16(11-17(2)29)19-5-7-20(8-6-19)30-21-9-10-28(15-21)23-12-24(27-14-22(23)25)26-13-18-3-4-18/h5-8,12,14,16,18,21H,3-4,9-11,13,15H2,1-2H3,(H,26,27)/t16-,21-/m1/s1. The fourth-order valence-corrected chi connectivity index (χ4v) is 4.00. The van der Waals surface area contributed by atoms with Crippen molar-refractivity contribution in [1.82, 2.24) is 4.98 Å². The van der Waals surface area contributed by atoms with Crippen LogP contribution >= 0.6 is 0 Å². The highest BCUT2D eigenvalue weighted by molar-refractivity contribution is 5.76. The van der Waals surface area contributed by atoms with Crippen molar-refractivity contribution in [2.45, 2.75) is 51.6 Å². The number of rotatable bonds is 9. The third-order valence-electron chi connectivity index (χ3n) is 5.94. The quantitative estimate of drug-likeness (QED) is 0.643. The topological polar surface area (TPSA) is 54.5 Å². The van der Waals surface area contributed by atoms with E-state index in [1.165, 1.54) is 19.0 Å². The van der Waals surface area contributed by atoms with E-state index >= 15 is 0 Å². The Kier molecular flexibility index (Phi) is 6.21. The van der Waals surface area contributed by atoms with E-state index < -0.39 is 0 Å². The minimum Gasteiger partial charge on any atom is -0.489 e. The van der Waals surface area contributed by atoms with Gasteiger partial charge in [0.2, 0.25) is 0 Å². The molecular formula is C24H30FN3O2. The van der Waals surface area contributed by atoms with Crippen LogP contribution in [0.3, 0.4) is 0 Å². The van der Waals surface area contributed by atoms with E-state index in [1.807, 2.05) is 35.2 Å². The average molecular weight is 412 g/mol. The van der Waals surface area contributed by atoms with Gasteiger partial charge >= 0.3 is 0 Å². The summed E-state index contributed by atoms with van der Waals surface area (Å²) in [5, 5.41) is 3.32. The van der Waals surface area contributed by atoms with E-state index in [0.29, 0.717) is 18.7 Å². The number of Topliss-reactive ketones (excluding diaryl/α,β-unsaturated/α-hetero) is 1. The summed E-state index contributed by atoms with van der Waals surface area (Å²) in [7, 11) is 0. The summed E-state index contributed by atoms with van der Waals surface area (Å²) in [6, 6.07) is 9.78. The van der Waals surface area contributed by atoms with Crippen molar-refractivity contribution >= 4 is 17.3 Å². The van der Waals surface area contributed by atoms with Crippen molar-refractivity contribution in [2.75, 3.05) is 29.9 Å². The van der Waals surface area contributed by atoms with Crippen molar-refractivity contribution in [1.29, 1.82) is 0 Å². The van der Waals surface area contributed by atoms with Crippen LogP contribution in [-0.4, -0.2) is 36.5 Å². The molecule has 2 aromatic rings. The lowest BCUT2D eigenvalue weighted by molar-refractivity contribution is -0.117. The second-order valence-corrected chi connectivity index (χ2v) is 8.70. The Hall–Kier alpha value is -2.63. The van der Waals surface area contributed by atoms with Gasteiger partial charge in [0.15, 0.2) is 5.82 Å². The molecule has 0 amide bonds. The van der Waals surface area contributed by atoms with Gasteiger partial charge in [-0.1, -0.05) is 19.1 Å². The van der Waals surface area contributed by atoms with E-state index in [9.17, 15) is 9.18 Å². The highest BCUT2D eigenvalue weighted by Gasteiger charge is 2.27. The minimum absolute atomic E-state index is 0.0148. The Morgan fingerprint density at radius 1 is 1.30 bits per heavy atom. The van der Waals surface area contributed by atoms with Crippen LogP contribution in [0.25, 0.3) is 0 Å². The van der Waals surface area contributed by atoms with Gasteiger partial charge in [0, 0.05) is 32.0 Å². The van der Waals surface area contributed by atoms with Gasteiger partial charge in [0.25, 0.3) is 0 Å². The molecule has 160 valence electrons. The molecule has 1 aromatic carbocycles. The zero-order chi connectivity index (χ0) is 21.1. The number of ketones is 1. The number of benzene rings is 1. The van der Waals surface area contributed by atoms with Gasteiger partial charge in [0.05, 0.1) is 18.4 Å². The predicted octanol–water partition coefficient (Wildman–Crippen LogP) is 4.78. The predicted molar refractivity (Wildman–Crippen MR) is 117 cm³/mol. The van der Waals surface area contributed by atoms with E-state index in [4.69, 9.17) is 4.74 Å². The van der Waals surface area contributed by atoms with Crippen molar-refractivity contribution in [3.05, 3.63) is 47.9 Å². The first kappa shape index (κ1) is 20.6. The summed E-state index contributed by atoms with van der Waals surface area (Å²) in [4.78, 5) is 17.5. The lowest BCUT2D eigenvalue weighted by Crippen LogP contribution is -2.25. The van der Waals surface area contributed by atoms with Crippen molar-refractivity contribution < 1.29 is 13.9 Å². The van der Waals surface area contributed by atoms with Crippen molar-refractivity contribution in [3.63, 3.8) is 0 Å². The molecule has 2 heterocycles. The third kappa shape index (κ3) is 5.29. The Bertz CT molecular complexity index is 883. The molecular weight excluding hydrogens is 381 g/mol. The second kappa shape index (κ2) is 9.02. The number of aromatic nitrogens is 1. The molecule has 0 radical (unpaired) electrons. The first-order valence-corrected chi connectivity index (χ1v) is 10.9. The maximum Gasteiger partial charge on any atom is 0.164 e. The fraction of sp³-hybridized carbons (Fsp3) is 0.500. The van der Waals surface area contributed by atoms with E-state index in [-0.39, 0.29) is 23.6 Å². The third-order valence-corrected chi connectivity index (χ3v) is 5.94. The molecule has 1 saturated carbocycles. The number of nitrogens with one attached hydrogen (secondary N) is 1. The zero-order valence-electron chi connectivity index (χ0n) is 17.7. The SMILES string of the molecule is CC(=O)C[C@@H](C)c1ccc(O[C@@H]2CCN(c3cc(NCC4CC4)ncc3F)C2)cc1. The van der Waals surface area contributed by atoms with Crippen LogP contribution in [0.5, 0.6) is 5.75 Å². The van der Waals surface area contributed by atoms with Crippen LogP contribution in [0.2, 0.25) is 0 Å². The normalized spacial score (nSPS) is 19.6. The largest absolute Gasteiger partial charge is 0.489 e. The number of nitrogens with zero attached hydrogens (tertiary/aromatic N) is 2. The molecule has 1 aromatic heterocycles. The van der Waals surface area contributed by atoms with Gasteiger partial charge in [-0.05, 0) is 49.3 Å². The van der Waals surface area contributed by atoms with Crippen molar-refractivity contribution in [3.8, 4) is 5.75 Å². The van der Waals surface area contributed by atoms with Gasteiger partial charge < -0.3 is 19.7 Å². The maximum atomic E-state index is 14.4. The molecule has 1 N–H and O–H groups in total. The van der Waals surface area contributed by atoms with Gasteiger partial charge in [0.1, 0.15) is 23.5 Å². The van der Waals surface area contributed by atoms with Crippen LogP contribution in [0.4, 0.5) is 15.9 Å². The number of pyridine rings is 1. The smallest absolute Gasteiger partial charge is 0.164 e. The number of hydrogen-bond acceptors (Lipinski definition) is 5. The molecule has 2 aliphatic rings. The Balaban J connectivity index is 1.34. The summed E-state index contributed by atoms with van der Waals surface area (Å²) in [6.45, 7) is 5.98. The molecule has 1 aliphatic heterocycles. The number of halogens is 1. The highest BCUT2D eigenvalue weighted by Crippen LogP contribution is 2.31. The highest BCUT2D eigenvalue weighted by atomic mass is 19.1. The lowest BCUT2D eigenvalue weighted by atomic mass is 9.96. The van der Waals surface area contributed by atoms with Crippen LogP contribution in [0, 0.1) is 11.7 Å². The maximum absolute atomic E-state index is 14.4. The van der Waals surface area contributed by atoms with Gasteiger partial charge in [-0.25, -0.2) is 9.37 Å². The molecule has 1 saturated heterocycles. The van der Waals surface area contributed by atoms with Gasteiger partial charge in [-0.3, -0.25) is 0 Å². The summed E-state index contributed by atoms with van der Waals surface area (Å²) in [5.74, 6) is 2.39. The zero-order valence-corrected chi connectivity index (χ0v) is 17.7. The number of carbonyl (C=O) groups is 1. The molecule has 5 nitrogen and oxygen atoms in total. The summed E-state index contributed by atoms with van der Waals surface area (Å²) in [6.07, 6.45) is 5.24. The Morgan fingerprint density at radius 2 is 2.07 bits per heavy atom. The Labute approximate surface area is 177 Å². The van der Waals surface area contributed by atoms with Crippen LogP contribution in [0.15, 0.2) is 36.5 Å². The summed E-state index contributed by atoms with van der Waals surface area (Å²) < 4.78 is 20.5. The van der Waals surface area contributed by atoms with Crippen LogP contribution in [0.1, 0.15) is 51.0 Å². The van der Waals surface area contributed by atoms with E-state index in [2.05, 4.69) is 17.2 Å². The molecule has 0 bridgehead atoms. The Morgan fingerprint density at radius 3 is 2.77 bits per heavy atom. The van der Waals surface area contributed by atoms with Crippen molar-refractivity contribution in [2.24, 2.45) is 5.92 Å². The number of ether oxygens (including phenoxy) is 1. The van der Waals surface area contributed by atoms with Gasteiger partial charge in [-0.2, -0.15) is 0 Å².